The number of thioether (sulfide) groups is 1. The van der Waals surface area contributed by atoms with Crippen molar-refractivity contribution in [2.75, 3.05) is 5.75 Å². The molecule has 1 aromatic rings. The number of carboxylic acids is 1. The van der Waals surface area contributed by atoms with Crippen molar-refractivity contribution in [2.45, 2.75) is 18.3 Å². The maximum atomic E-state index is 13.7. The summed E-state index contributed by atoms with van der Waals surface area (Å²) in [5, 5.41) is 9.79. The third-order valence-electron chi connectivity index (χ3n) is 2.93. The molecule has 0 radical (unpaired) electrons. The van der Waals surface area contributed by atoms with Gasteiger partial charge in [0.2, 0.25) is 5.91 Å². The summed E-state index contributed by atoms with van der Waals surface area (Å²) < 4.78 is 40.4. The Bertz CT molecular complexity index is 558. The quantitative estimate of drug-likeness (QED) is 0.811. The minimum Gasteiger partial charge on any atom is -0.548 e. The zero-order chi connectivity index (χ0) is 15.0. The lowest BCUT2D eigenvalue weighted by atomic mass is 10.1. The van der Waals surface area contributed by atoms with Gasteiger partial charge in [0.15, 0.2) is 0 Å². The summed E-state index contributed by atoms with van der Waals surface area (Å²) in [6.45, 7) is 1.09. The summed E-state index contributed by atoms with van der Waals surface area (Å²) in [5.74, 6) is -5.62. The number of hydrogen-bond acceptors (Lipinski definition) is 4. The Hall–Kier alpha value is -1.70. The Kier molecular flexibility index (Phi) is 3.94. The molecule has 0 N–H and O–H groups in total. The van der Waals surface area contributed by atoms with Crippen molar-refractivity contribution in [3.05, 3.63) is 35.1 Å². The molecular formula is C12H9F3NO3S-. The lowest BCUT2D eigenvalue weighted by Crippen LogP contribution is -2.48. The molecule has 1 aromatic carbocycles. The molecule has 1 aliphatic heterocycles. The molecule has 0 aliphatic carbocycles. The topological polar surface area (TPSA) is 60.4 Å². The summed E-state index contributed by atoms with van der Waals surface area (Å²) >= 11 is 0.884. The molecule has 1 amide bonds. The first-order chi connectivity index (χ1) is 9.32. The van der Waals surface area contributed by atoms with Crippen LogP contribution in [0.2, 0.25) is 0 Å². The molecule has 8 heteroatoms. The second-order valence-corrected chi connectivity index (χ2v) is 5.34. The Balaban J connectivity index is 2.47. The van der Waals surface area contributed by atoms with Gasteiger partial charge in [-0.25, -0.2) is 13.2 Å². The van der Waals surface area contributed by atoms with Crippen molar-refractivity contribution in [3.63, 3.8) is 0 Å². The number of amides is 1. The number of hydrogen-bond donors (Lipinski definition) is 0. The molecule has 20 heavy (non-hydrogen) atoms. The van der Waals surface area contributed by atoms with Gasteiger partial charge in [0.1, 0.15) is 22.8 Å². The Morgan fingerprint density at radius 3 is 2.30 bits per heavy atom. The molecule has 0 spiro atoms. The number of halogens is 3. The fourth-order valence-corrected chi connectivity index (χ4v) is 3.59. The number of carbonyl (C=O) groups excluding carboxylic acids is 2. The highest BCUT2D eigenvalue weighted by molar-refractivity contribution is 7.99. The number of rotatable bonds is 2. The van der Waals surface area contributed by atoms with Gasteiger partial charge in [-0.15, -0.1) is 11.8 Å². The number of nitrogens with zero attached hydrogens (tertiary/aromatic N) is 1. The Morgan fingerprint density at radius 1 is 1.30 bits per heavy atom. The van der Waals surface area contributed by atoms with E-state index in [4.69, 9.17) is 0 Å². The highest BCUT2D eigenvalue weighted by Crippen LogP contribution is 2.43. The molecule has 0 bridgehead atoms. The highest BCUT2D eigenvalue weighted by atomic mass is 32.2. The van der Waals surface area contributed by atoms with E-state index in [1.807, 2.05) is 0 Å². The van der Waals surface area contributed by atoms with Crippen LogP contribution >= 0.6 is 11.8 Å². The average Bonchev–Trinajstić information content (AvgIpc) is 2.72. The molecule has 1 aliphatic rings. The van der Waals surface area contributed by atoms with Gasteiger partial charge in [-0.1, -0.05) is 0 Å². The molecule has 2 rings (SSSR count). The minimum absolute atomic E-state index is 0.0527. The van der Waals surface area contributed by atoms with Crippen molar-refractivity contribution in [1.82, 2.24) is 4.90 Å². The van der Waals surface area contributed by atoms with Crippen LogP contribution in [-0.2, 0) is 9.59 Å². The third-order valence-corrected chi connectivity index (χ3v) is 4.21. The van der Waals surface area contributed by atoms with Gasteiger partial charge in [-0.2, -0.15) is 0 Å². The molecule has 108 valence electrons. The van der Waals surface area contributed by atoms with Gasteiger partial charge < -0.3 is 14.8 Å². The maximum absolute atomic E-state index is 13.7. The number of aliphatic carboxylic acids is 1. The molecule has 1 saturated heterocycles. The zero-order valence-corrected chi connectivity index (χ0v) is 11.0. The fourth-order valence-electron chi connectivity index (χ4n) is 2.08. The van der Waals surface area contributed by atoms with Crippen molar-refractivity contribution >= 4 is 23.6 Å². The van der Waals surface area contributed by atoms with Crippen LogP contribution in [0.25, 0.3) is 0 Å². The van der Waals surface area contributed by atoms with Crippen molar-refractivity contribution in [2.24, 2.45) is 0 Å². The first-order valence-electron chi connectivity index (χ1n) is 5.58. The van der Waals surface area contributed by atoms with E-state index in [-0.39, 0.29) is 5.75 Å². The van der Waals surface area contributed by atoms with Gasteiger partial charge in [0.05, 0.1) is 17.6 Å². The SMILES string of the molecule is CC(=O)N1[C@@H](C(=O)[O-])CS[C@@H]1c1c(F)cc(F)cc1F. The average molecular weight is 304 g/mol. The lowest BCUT2D eigenvalue weighted by molar-refractivity contribution is -0.310. The van der Waals surface area contributed by atoms with E-state index in [2.05, 4.69) is 0 Å². The molecule has 4 nitrogen and oxygen atoms in total. The van der Waals surface area contributed by atoms with Crippen LogP contribution in [0.1, 0.15) is 17.9 Å². The Labute approximate surface area is 116 Å². The van der Waals surface area contributed by atoms with Crippen LogP contribution in [-0.4, -0.2) is 28.6 Å². The van der Waals surface area contributed by atoms with Crippen LogP contribution in [0, 0.1) is 17.5 Å². The summed E-state index contributed by atoms with van der Waals surface area (Å²) in [5.41, 5.74) is -0.532. The minimum atomic E-state index is -1.50. The van der Waals surface area contributed by atoms with Crippen molar-refractivity contribution in [1.29, 1.82) is 0 Å². The number of carbonyl (C=O) groups is 2. The van der Waals surface area contributed by atoms with Crippen molar-refractivity contribution < 1.29 is 27.9 Å². The molecule has 1 fully saturated rings. The summed E-state index contributed by atoms with van der Waals surface area (Å²) in [7, 11) is 0. The monoisotopic (exact) mass is 304 g/mol. The predicted molar refractivity (Wildman–Crippen MR) is 62.8 cm³/mol. The van der Waals surface area contributed by atoms with E-state index in [1.54, 1.807) is 0 Å². The van der Waals surface area contributed by atoms with Crippen LogP contribution in [0.5, 0.6) is 0 Å². The maximum Gasteiger partial charge on any atom is 0.221 e. The standard InChI is InChI=1S/C12H10F3NO3S/c1-5(17)16-9(12(18)19)4-20-11(16)10-7(14)2-6(13)3-8(10)15/h2-3,9,11H,4H2,1H3,(H,18,19)/p-1/t9-,11-/m1/s1. The van der Waals surface area contributed by atoms with E-state index in [9.17, 15) is 27.9 Å². The number of carboxylic acid groups (broad SMARTS) is 1. The summed E-state index contributed by atoms with van der Waals surface area (Å²) in [6, 6.07) is -0.292. The van der Waals surface area contributed by atoms with E-state index < -0.39 is 46.3 Å². The van der Waals surface area contributed by atoms with Gasteiger partial charge in [-0.3, -0.25) is 4.79 Å². The summed E-state index contributed by atoms with van der Waals surface area (Å²) in [6.07, 6.45) is 0. The Morgan fingerprint density at radius 2 is 1.85 bits per heavy atom. The molecule has 0 unspecified atom stereocenters. The fraction of sp³-hybridized carbons (Fsp3) is 0.333. The van der Waals surface area contributed by atoms with Crippen LogP contribution in [0.3, 0.4) is 0 Å². The first kappa shape index (κ1) is 14.7. The zero-order valence-electron chi connectivity index (χ0n) is 10.2. The predicted octanol–water partition coefficient (Wildman–Crippen LogP) is 0.816. The largest absolute Gasteiger partial charge is 0.548 e. The van der Waals surface area contributed by atoms with Crippen molar-refractivity contribution in [3.8, 4) is 0 Å². The second kappa shape index (κ2) is 5.35. The van der Waals surface area contributed by atoms with Crippen LogP contribution in [0.4, 0.5) is 13.2 Å². The summed E-state index contributed by atoms with van der Waals surface area (Å²) in [4.78, 5) is 23.3. The number of benzene rings is 1. The van der Waals surface area contributed by atoms with Crippen LogP contribution in [0.15, 0.2) is 12.1 Å². The van der Waals surface area contributed by atoms with E-state index in [1.165, 1.54) is 0 Å². The lowest BCUT2D eigenvalue weighted by Gasteiger charge is -2.29. The van der Waals surface area contributed by atoms with Gasteiger partial charge in [0, 0.05) is 24.8 Å². The van der Waals surface area contributed by atoms with Gasteiger partial charge in [0.25, 0.3) is 0 Å². The first-order valence-corrected chi connectivity index (χ1v) is 6.63. The normalized spacial score (nSPS) is 22.1. The van der Waals surface area contributed by atoms with E-state index >= 15 is 0 Å². The molecule has 1 heterocycles. The van der Waals surface area contributed by atoms with Gasteiger partial charge in [-0.05, 0) is 0 Å². The molecule has 0 aromatic heterocycles. The highest BCUT2D eigenvalue weighted by Gasteiger charge is 2.40. The second-order valence-electron chi connectivity index (χ2n) is 4.23. The smallest absolute Gasteiger partial charge is 0.221 e. The van der Waals surface area contributed by atoms with Gasteiger partial charge >= 0.3 is 0 Å². The molecular weight excluding hydrogens is 295 g/mol. The third kappa shape index (κ3) is 2.47. The van der Waals surface area contributed by atoms with E-state index in [0.29, 0.717) is 12.1 Å². The molecule has 0 saturated carbocycles. The van der Waals surface area contributed by atoms with Crippen LogP contribution < -0.4 is 5.11 Å². The molecule has 2 atom stereocenters. The van der Waals surface area contributed by atoms with E-state index in [0.717, 1.165) is 23.6 Å².